The molecule has 3 rings (SSSR count). The van der Waals surface area contributed by atoms with Gasteiger partial charge in [0.05, 0.1) is 6.54 Å². The molecule has 19 heavy (non-hydrogen) atoms. The fourth-order valence-corrected chi connectivity index (χ4v) is 2.32. The number of aromatic amines is 1. The van der Waals surface area contributed by atoms with Crippen molar-refractivity contribution in [2.45, 2.75) is 32.0 Å². The molecule has 0 bridgehead atoms. The van der Waals surface area contributed by atoms with Crippen LogP contribution in [-0.2, 0) is 20.1 Å². The number of aryl methyl sites for hydroxylation is 1. The van der Waals surface area contributed by atoms with E-state index in [2.05, 4.69) is 19.4 Å². The number of hydrogen-bond donors (Lipinski definition) is 1. The molecule has 0 atom stereocenters. The Balaban J connectivity index is 1.63. The van der Waals surface area contributed by atoms with Gasteiger partial charge in [-0.25, -0.2) is 9.78 Å². The Labute approximate surface area is 111 Å². The quantitative estimate of drug-likeness (QED) is 0.827. The minimum Gasteiger partial charge on any atom is -0.337 e. The van der Waals surface area contributed by atoms with E-state index in [9.17, 15) is 4.79 Å². The normalized spacial score (nSPS) is 15.3. The molecule has 2 heterocycles. The minimum absolute atomic E-state index is 0.0345. The summed E-state index contributed by atoms with van der Waals surface area (Å²) in [6.07, 6.45) is 9.80. The molecule has 1 N–H and O–H groups in total. The molecule has 6 heteroatoms. The standard InChI is InChI=1S/C13H19N5O/c1-16-6-4-14-12(16)10-18(11-2-3-11)9-8-17-7-5-15-13(17)19/h4-7,11H,2-3,8-10H2,1H3,(H,15,19). The van der Waals surface area contributed by atoms with Crippen LogP contribution >= 0.6 is 0 Å². The lowest BCUT2D eigenvalue weighted by Crippen LogP contribution is -2.32. The molecule has 1 saturated carbocycles. The maximum absolute atomic E-state index is 11.5. The Morgan fingerprint density at radius 3 is 2.89 bits per heavy atom. The minimum atomic E-state index is -0.0345. The zero-order chi connectivity index (χ0) is 13.2. The predicted molar refractivity (Wildman–Crippen MR) is 71.7 cm³/mol. The van der Waals surface area contributed by atoms with E-state index in [4.69, 9.17) is 0 Å². The van der Waals surface area contributed by atoms with Crippen LogP contribution in [0.4, 0.5) is 0 Å². The molecule has 0 saturated heterocycles. The van der Waals surface area contributed by atoms with E-state index in [1.807, 2.05) is 19.4 Å². The first-order valence-corrected chi connectivity index (χ1v) is 6.68. The molecule has 0 unspecified atom stereocenters. The lowest BCUT2D eigenvalue weighted by molar-refractivity contribution is 0.235. The summed E-state index contributed by atoms with van der Waals surface area (Å²) in [5.41, 5.74) is -0.0345. The van der Waals surface area contributed by atoms with Crippen LogP contribution in [0.15, 0.2) is 29.6 Å². The monoisotopic (exact) mass is 261 g/mol. The molecule has 0 spiro atoms. The SMILES string of the molecule is Cn1ccnc1CN(CCn1cc[nH]c1=O)C1CC1. The van der Waals surface area contributed by atoms with E-state index in [-0.39, 0.29) is 5.69 Å². The fraction of sp³-hybridized carbons (Fsp3) is 0.538. The van der Waals surface area contributed by atoms with E-state index in [0.717, 1.165) is 25.5 Å². The molecule has 2 aromatic rings. The number of aromatic nitrogens is 4. The Bertz CT molecular complexity index is 592. The summed E-state index contributed by atoms with van der Waals surface area (Å²) in [7, 11) is 2.02. The molecule has 0 aliphatic heterocycles. The summed E-state index contributed by atoms with van der Waals surface area (Å²) in [5, 5.41) is 0. The van der Waals surface area contributed by atoms with Crippen LogP contribution < -0.4 is 5.69 Å². The fourth-order valence-electron chi connectivity index (χ4n) is 2.32. The van der Waals surface area contributed by atoms with Gasteiger partial charge < -0.3 is 9.55 Å². The van der Waals surface area contributed by atoms with Crippen LogP contribution in [0.3, 0.4) is 0 Å². The molecule has 1 aliphatic carbocycles. The average Bonchev–Trinajstić information content (AvgIpc) is 3.05. The van der Waals surface area contributed by atoms with Crippen LogP contribution in [-0.4, -0.2) is 36.6 Å². The maximum Gasteiger partial charge on any atom is 0.325 e. The van der Waals surface area contributed by atoms with Crippen molar-refractivity contribution < 1.29 is 0 Å². The largest absolute Gasteiger partial charge is 0.337 e. The first-order valence-electron chi connectivity index (χ1n) is 6.68. The maximum atomic E-state index is 11.5. The second-order valence-corrected chi connectivity index (χ2v) is 5.11. The number of hydrogen-bond acceptors (Lipinski definition) is 3. The first-order chi connectivity index (χ1) is 9.24. The third kappa shape index (κ3) is 2.78. The summed E-state index contributed by atoms with van der Waals surface area (Å²) in [5.74, 6) is 1.08. The van der Waals surface area contributed by atoms with Gasteiger partial charge in [-0.1, -0.05) is 0 Å². The number of H-pyrrole nitrogens is 1. The third-order valence-corrected chi connectivity index (χ3v) is 3.68. The zero-order valence-electron chi connectivity index (χ0n) is 11.1. The Morgan fingerprint density at radius 1 is 1.47 bits per heavy atom. The first kappa shape index (κ1) is 12.2. The van der Waals surface area contributed by atoms with Crippen molar-refractivity contribution in [3.63, 3.8) is 0 Å². The highest BCUT2D eigenvalue weighted by Gasteiger charge is 2.29. The topological polar surface area (TPSA) is 58.9 Å². The van der Waals surface area contributed by atoms with Gasteiger partial charge in [0.15, 0.2) is 0 Å². The van der Waals surface area contributed by atoms with Crippen molar-refractivity contribution in [3.05, 3.63) is 41.1 Å². The highest BCUT2D eigenvalue weighted by Crippen LogP contribution is 2.27. The van der Waals surface area contributed by atoms with Gasteiger partial charge in [0.1, 0.15) is 5.82 Å². The second-order valence-electron chi connectivity index (χ2n) is 5.11. The van der Waals surface area contributed by atoms with Gasteiger partial charge in [-0.2, -0.15) is 0 Å². The smallest absolute Gasteiger partial charge is 0.325 e. The van der Waals surface area contributed by atoms with Crippen molar-refractivity contribution >= 4 is 0 Å². The van der Waals surface area contributed by atoms with Gasteiger partial charge in [-0.05, 0) is 12.8 Å². The van der Waals surface area contributed by atoms with E-state index >= 15 is 0 Å². The van der Waals surface area contributed by atoms with Crippen molar-refractivity contribution in [2.75, 3.05) is 6.54 Å². The van der Waals surface area contributed by atoms with E-state index < -0.39 is 0 Å². The van der Waals surface area contributed by atoms with Gasteiger partial charge in [-0.15, -0.1) is 0 Å². The van der Waals surface area contributed by atoms with Crippen LogP contribution in [0.5, 0.6) is 0 Å². The molecule has 6 nitrogen and oxygen atoms in total. The molecule has 2 aromatic heterocycles. The molecule has 0 amide bonds. The molecule has 0 aromatic carbocycles. The highest BCUT2D eigenvalue weighted by atomic mass is 16.1. The highest BCUT2D eigenvalue weighted by molar-refractivity contribution is 4.94. The molecule has 0 radical (unpaired) electrons. The summed E-state index contributed by atoms with van der Waals surface area (Å²) in [6, 6.07) is 0.659. The van der Waals surface area contributed by atoms with E-state index in [1.54, 1.807) is 17.0 Å². The number of rotatable bonds is 6. The van der Waals surface area contributed by atoms with Gasteiger partial charge in [0.2, 0.25) is 0 Å². The van der Waals surface area contributed by atoms with Crippen LogP contribution in [0, 0.1) is 0 Å². The van der Waals surface area contributed by atoms with Gasteiger partial charge in [0, 0.05) is 51.0 Å². The third-order valence-electron chi connectivity index (χ3n) is 3.68. The summed E-state index contributed by atoms with van der Waals surface area (Å²) < 4.78 is 3.77. The number of nitrogens with zero attached hydrogens (tertiary/aromatic N) is 4. The van der Waals surface area contributed by atoms with Crippen LogP contribution in [0.2, 0.25) is 0 Å². The Kier molecular flexibility index (Phi) is 3.25. The summed E-state index contributed by atoms with van der Waals surface area (Å²) in [4.78, 5) is 20.9. The van der Waals surface area contributed by atoms with Crippen LogP contribution in [0.25, 0.3) is 0 Å². The van der Waals surface area contributed by atoms with Gasteiger partial charge in [-0.3, -0.25) is 9.47 Å². The number of nitrogens with one attached hydrogen (secondary N) is 1. The Morgan fingerprint density at radius 2 is 2.32 bits per heavy atom. The molecular formula is C13H19N5O. The zero-order valence-corrected chi connectivity index (χ0v) is 11.1. The van der Waals surface area contributed by atoms with Crippen molar-refractivity contribution in [1.29, 1.82) is 0 Å². The summed E-state index contributed by atoms with van der Waals surface area (Å²) >= 11 is 0. The number of imidazole rings is 2. The van der Waals surface area contributed by atoms with Crippen molar-refractivity contribution in [1.82, 2.24) is 24.0 Å². The van der Waals surface area contributed by atoms with Crippen molar-refractivity contribution in [2.24, 2.45) is 7.05 Å². The lowest BCUT2D eigenvalue weighted by atomic mass is 10.4. The van der Waals surface area contributed by atoms with Gasteiger partial charge >= 0.3 is 5.69 Å². The van der Waals surface area contributed by atoms with E-state index in [0.29, 0.717) is 6.04 Å². The van der Waals surface area contributed by atoms with Gasteiger partial charge in [0.25, 0.3) is 0 Å². The molecule has 102 valence electrons. The Hall–Kier alpha value is -1.82. The average molecular weight is 261 g/mol. The van der Waals surface area contributed by atoms with E-state index in [1.165, 1.54) is 12.8 Å². The molecular weight excluding hydrogens is 242 g/mol. The van der Waals surface area contributed by atoms with Crippen LogP contribution in [0.1, 0.15) is 18.7 Å². The molecule has 1 fully saturated rings. The van der Waals surface area contributed by atoms with Crippen molar-refractivity contribution in [3.8, 4) is 0 Å². The predicted octanol–water partition coefficient (Wildman–Crippen LogP) is 0.574. The summed E-state index contributed by atoms with van der Waals surface area (Å²) in [6.45, 7) is 2.46. The lowest BCUT2D eigenvalue weighted by Gasteiger charge is -2.21. The second kappa shape index (κ2) is 5.05. The molecule has 1 aliphatic rings.